The average molecular weight is 287 g/mol. The Morgan fingerprint density at radius 2 is 2.00 bits per heavy atom. The fourth-order valence-electron chi connectivity index (χ4n) is 2.06. The lowest BCUT2D eigenvalue weighted by Gasteiger charge is -2.23. The molecule has 1 N–H and O–H groups in total. The van der Waals surface area contributed by atoms with Gasteiger partial charge in [0.05, 0.1) is 20.6 Å². The fourth-order valence-corrected chi connectivity index (χ4v) is 2.06. The highest BCUT2D eigenvalue weighted by molar-refractivity contribution is 5.87. The van der Waals surface area contributed by atoms with Crippen LogP contribution in [-0.2, 0) is 28.6 Å². The molecule has 3 atom stereocenters. The second kappa shape index (κ2) is 7.84. The maximum Gasteiger partial charge on any atom is 0.328 e. The zero-order valence-corrected chi connectivity index (χ0v) is 12.0. The Bertz CT molecular complexity index is 364. The zero-order chi connectivity index (χ0) is 15.1. The Balaban J connectivity index is 2.65. The molecule has 7 nitrogen and oxygen atoms in total. The van der Waals surface area contributed by atoms with E-state index < -0.39 is 30.0 Å². The van der Waals surface area contributed by atoms with Gasteiger partial charge in [-0.3, -0.25) is 9.59 Å². The topological polar surface area (TPSA) is 90.9 Å². The highest BCUT2D eigenvalue weighted by atomic mass is 16.5. The third kappa shape index (κ3) is 4.48. The Labute approximate surface area is 117 Å². The van der Waals surface area contributed by atoms with Gasteiger partial charge in [-0.25, -0.2) is 4.79 Å². The van der Waals surface area contributed by atoms with Crippen LogP contribution in [0.2, 0.25) is 0 Å². The third-order valence-electron chi connectivity index (χ3n) is 3.26. The van der Waals surface area contributed by atoms with Crippen molar-refractivity contribution in [2.24, 2.45) is 5.92 Å². The molecule has 0 aromatic rings. The number of hydrogen-bond donors (Lipinski definition) is 1. The molecule has 0 aromatic carbocycles. The molecule has 1 heterocycles. The minimum atomic E-state index is -0.893. The molecule has 0 spiro atoms. The van der Waals surface area contributed by atoms with Crippen molar-refractivity contribution in [2.75, 3.05) is 20.8 Å². The molecule has 7 heteroatoms. The molecular weight excluding hydrogens is 266 g/mol. The van der Waals surface area contributed by atoms with Crippen LogP contribution in [0.1, 0.15) is 26.2 Å². The lowest BCUT2D eigenvalue weighted by Crippen LogP contribution is -2.49. The molecule has 0 aromatic heterocycles. The van der Waals surface area contributed by atoms with Crippen molar-refractivity contribution >= 4 is 17.8 Å². The predicted octanol–water partition coefficient (Wildman–Crippen LogP) is 0.0224. The number of carbonyl (C=O) groups excluding carboxylic acids is 3. The first-order chi connectivity index (χ1) is 9.49. The van der Waals surface area contributed by atoms with Crippen LogP contribution in [0.15, 0.2) is 0 Å². The summed E-state index contributed by atoms with van der Waals surface area (Å²) in [6, 6.07) is -0.893. The lowest BCUT2D eigenvalue weighted by atomic mass is 9.98. The van der Waals surface area contributed by atoms with Crippen LogP contribution in [-0.4, -0.2) is 50.8 Å². The van der Waals surface area contributed by atoms with Crippen LogP contribution in [0.4, 0.5) is 0 Å². The number of carbonyl (C=O) groups is 3. The van der Waals surface area contributed by atoms with Crippen LogP contribution in [0, 0.1) is 5.92 Å². The lowest BCUT2D eigenvalue weighted by molar-refractivity contribution is -0.149. The molecule has 0 bridgehead atoms. The van der Waals surface area contributed by atoms with Crippen LogP contribution in [0.25, 0.3) is 0 Å². The quantitative estimate of drug-likeness (QED) is 0.693. The average Bonchev–Trinajstić information content (AvgIpc) is 2.97. The first-order valence-electron chi connectivity index (χ1n) is 6.56. The largest absolute Gasteiger partial charge is 0.469 e. The van der Waals surface area contributed by atoms with E-state index in [4.69, 9.17) is 4.74 Å². The van der Waals surface area contributed by atoms with Gasteiger partial charge in [0.25, 0.3) is 0 Å². The molecule has 0 unspecified atom stereocenters. The Kier molecular flexibility index (Phi) is 6.44. The minimum absolute atomic E-state index is 0.0159. The van der Waals surface area contributed by atoms with Gasteiger partial charge in [0.1, 0.15) is 12.1 Å². The third-order valence-corrected chi connectivity index (χ3v) is 3.26. The Hall–Kier alpha value is -1.63. The van der Waals surface area contributed by atoms with Crippen LogP contribution >= 0.6 is 0 Å². The van der Waals surface area contributed by atoms with Gasteiger partial charge in [-0.05, 0) is 18.8 Å². The number of hydrogen-bond acceptors (Lipinski definition) is 6. The van der Waals surface area contributed by atoms with Gasteiger partial charge in [-0.15, -0.1) is 0 Å². The summed E-state index contributed by atoms with van der Waals surface area (Å²) < 4.78 is 14.5. The van der Waals surface area contributed by atoms with Gasteiger partial charge in [0, 0.05) is 6.61 Å². The first kappa shape index (κ1) is 16.4. The molecule has 0 radical (unpaired) electrons. The zero-order valence-electron chi connectivity index (χ0n) is 12.0. The predicted molar refractivity (Wildman–Crippen MR) is 68.7 cm³/mol. The highest BCUT2D eigenvalue weighted by Crippen LogP contribution is 2.15. The summed E-state index contributed by atoms with van der Waals surface area (Å²) in [5, 5.41) is 2.59. The Morgan fingerprint density at radius 3 is 2.50 bits per heavy atom. The SMILES string of the molecule is COC(=O)C[C@H](C)[C@H](NC(=O)[C@H]1CCCO1)C(=O)OC. The van der Waals surface area contributed by atoms with Crippen molar-refractivity contribution in [3.05, 3.63) is 0 Å². The van der Waals surface area contributed by atoms with Crippen LogP contribution < -0.4 is 5.32 Å². The Morgan fingerprint density at radius 1 is 1.30 bits per heavy atom. The highest BCUT2D eigenvalue weighted by Gasteiger charge is 2.33. The van der Waals surface area contributed by atoms with E-state index >= 15 is 0 Å². The van der Waals surface area contributed by atoms with Crippen molar-refractivity contribution in [1.82, 2.24) is 5.32 Å². The molecular formula is C13H21NO6. The van der Waals surface area contributed by atoms with E-state index in [-0.39, 0.29) is 12.3 Å². The summed E-state index contributed by atoms with van der Waals surface area (Å²) >= 11 is 0. The van der Waals surface area contributed by atoms with E-state index in [0.717, 1.165) is 6.42 Å². The molecule has 1 amide bonds. The number of esters is 2. The van der Waals surface area contributed by atoms with E-state index in [9.17, 15) is 14.4 Å². The monoisotopic (exact) mass is 287 g/mol. The molecule has 0 aliphatic carbocycles. The summed E-state index contributed by atoms with van der Waals surface area (Å²) in [6.45, 7) is 2.22. The molecule has 1 rings (SSSR count). The summed E-state index contributed by atoms with van der Waals surface area (Å²) in [7, 11) is 2.51. The maximum atomic E-state index is 12.0. The standard InChI is InChI=1S/C13H21NO6/c1-8(7-10(15)18-2)11(13(17)19-3)14-12(16)9-5-4-6-20-9/h8-9,11H,4-7H2,1-3H3,(H,14,16)/t8-,9+,11-/m0/s1. The number of ether oxygens (including phenoxy) is 3. The van der Waals surface area contributed by atoms with E-state index in [1.165, 1.54) is 14.2 Å². The van der Waals surface area contributed by atoms with E-state index in [0.29, 0.717) is 13.0 Å². The second-order valence-electron chi connectivity index (χ2n) is 4.77. The van der Waals surface area contributed by atoms with Crippen LogP contribution in [0.5, 0.6) is 0 Å². The first-order valence-corrected chi connectivity index (χ1v) is 6.56. The molecule has 0 saturated carbocycles. The molecule has 114 valence electrons. The van der Waals surface area contributed by atoms with E-state index in [1.807, 2.05) is 0 Å². The maximum absolute atomic E-state index is 12.0. The number of nitrogens with one attached hydrogen (secondary N) is 1. The number of methoxy groups -OCH3 is 2. The molecule has 1 aliphatic rings. The minimum Gasteiger partial charge on any atom is -0.469 e. The van der Waals surface area contributed by atoms with Gasteiger partial charge >= 0.3 is 11.9 Å². The van der Waals surface area contributed by atoms with Crippen molar-refractivity contribution in [2.45, 2.75) is 38.3 Å². The second-order valence-corrected chi connectivity index (χ2v) is 4.77. The molecule has 20 heavy (non-hydrogen) atoms. The van der Waals surface area contributed by atoms with Crippen molar-refractivity contribution in [3.8, 4) is 0 Å². The van der Waals surface area contributed by atoms with Crippen molar-refractivity contribution < 1.29 is 28.6 Å². The fraction of sp³-hybridized carbons (Fsp3) is 0.769. The van der Waals surface area contributed by atoms with Gasteiger partial charge < -0.3 is 19.5 Å². The van der Waals surface area contributed by atoms with E-state index in [2.05, 4.69) is 14.8 Å². The van der Waals surface area contributed by atoms with Crippen molar-refractivity contribution in [1.29, 1.82) is 0 Å². The summed E-state index contributed by atoms with van der Waals surface area (Å²) in [5.74, 6) is -1.82. The summed E-state index contributed by atoms with van der Waals surface area (Å²) in [6.07, 6.45) is 0.929. The summed E-state index contributed by atoms with van der Waals surface area (Å²) in [5.41, 5.74) is 0. The van der Waals surface area contributed by atoms with Crippen LogP contribution in [0.3, 0.4) is 0 Å². The summed E-state index contributed by atoms with van der Waals surface area (Å²) in [4.78, 5) is 35.0. The van der Waals surface area contributed by atoms with Crippen molar-refractivity contribution in [3.63, 3.8) is 0 Å². The van der Waals surface area contributed by atoms with Gasteiger partial charge in [0.15, 0.2) is 0 Å². The molecule has 1 aliphatic heterocycles. The normalized spacial score (nSPS) is 20.9. The number of rotatable bonds is 6. The molecule has 1 saturated heterocycles. The smallest absolute Gasteiger partial charge is 0.328 e. The number of amides is 1. The molecule has 1 fully saturated rings. The van der Waals surface area contributed by atoms with Gasteiger partial charge in [-0.1, -0.05) is 6.92 Å². The van der Waals surface area contributed by atoms with Gasteiger partial charge in [0.2, 0.25) is 5.91 Å². The van der Waals surface area contributed by atoms with Gasteiger partial charge in [-0.2, -0.15) is 0 Å². The van der Waals surface area contributed by atoms with E-state index in [1.54, 1.807) is 6.92 Å².